The molecule has 0 atom stereocenters. The minimum Gasteiger partial charge on any atom is -0.400 e. The fourth-order valence-corrected chi connectivity index (χ4v) is 2.55. The van der Waals surface area contributed by atoms with Gasteiger partial charge in [0.15, 0.2) is 5.16 Å². The summed E-state index contributed by atoms with van der Waals surface area (Å²) in [6, 6.07) is 0. The van der Waals surface area contributed by atoms with Crippen LogP contribution in [-0.4, -0.2) is 48.1 Å². The van der Waals surface area contributed by atoms with Gasteiger partial charge in [-0.15, -0.1) is 0 Å². The second-order valence-corrected chi connectivity index (χ2v) is 7.31. The van der Waals surface area contributed by atoms with Crippen molar-refractivity contribution in [2.75, 3.05) is 19.8 Å². The third-order valence-electron chi connectivity index (χ3n) is 4.27. The van der Waals surface area contributed by atoms with Gasteiger partial charge in [0, 0.05) is 12.7 Å². The average molecular weight is 337 g/mol. The molecule has 1 aromatic heterocycles. The first-order valence-corrected chi connectivity index (χ1v) is 8.76. The number of aromatic nitrogens is 2. The smallest absolute Gasteiger partial charge is 0.400 e. The van der Waals surface area contributed by atoms with Crippen LogP contribution in [0.5, 0.6) is 0 Å². The molecule has 1 aliphatic heterocycles. The zero-order chi connectivity index (χ0) is 17.3. The van der Waals surface area contributed by atoms with E-state index < -0.39 is 18.3 Å². The van der Waals surface area contributed by atoms with Crippen molar-refractivity contribution in [3.8, 4) is 0 Å². The molecule has 2 heterocycles. The molecular weight excluding hydrogens is 313 g/mol. The van der Waals surface area contributed by atoms with Crippen LogP contribution >= 0.6 is 11.8 Å². The summed E-state index contributed by atoms with van der Waals surface area (Å²) in [5.41, 5.74) is 0.336. The third kappa shape index (κ3) is 3.88. The van der Waals surface area contributed by atoms with Gasteiger partial charge in [-0.05, 0) is 46.5 Å². The summed E-state index contributed by atoms with van der Waals surface area (Å²) in [5.74, 6) is 0. The number of rotatable bonds is 5. The van der Waals surface area contributed by atoms with Crippen molar-refractivity contribution in [1.29, 1.82) is 0 Å². The number of H-pyrrole nitrogens is 1. The first kappa shape index (κ1) is 18.3. The molecule has 2 rings (SSSR count). The largest absolute Gasteiger partial charge is 0.491 e. The molecule has 6 nitrogen and oxygen atoms in total. The number of nitrogens with zero attached hydrogens (tertiary/aromatic N) is 1. The van der Waals surface area contributed by atoms with E-state index in [0.29, 0.717) is 17.3 Å². The normalized spacial score (nSPS) is 20.1. The van der Waals surface area contributed by atoms with E-state index in [1.807, 2.05) is 41.0 Å². The lowest BCUT2D eigenvalue weighted by atomic mass is 9.77. The van der Waals surface area contributed by atoms with E-state index in [0.717, 1.165) is 5.47 Å². The van der Waals surface area contributed by atoms with E-state index >= 15 is 0 Å². The van der Waals surface area contributed by atoms with Crippen molar-refractivity contribution in [2.24, 2.45) is 0 Å². The Bertz CT molecular complexity index is 642. The van der Waals surface area contributed by atoms with Crippen molar-refractivity contribution in [3.63, 3.8) is 0 Å². The molecule has 0 saturated carbocycles. The number of hydrogen-bond donors (Lipinski definition) is 2. The molecule has 0 unspecified atom stereocenters. The van der Waals surface area contributed by atoms with Gasteiger partial charge in [-0.1, -0.05) is 17.8 Å². The summed E-state index contributed by atoms with van der Waals surface area (Å²) >= 11 is 1.40. The first-order chi connectivity index (χ1) is 10.7. The number of thioether (sulfide) groups is 1. The molecule has 0 aromatic carbocycles. The highest BCUT2D eigenvalue weighted by Crippen LogP contribution is 2.38. The van der Waals surface area contributed by atoms with Crippen molar-refractivity contribution in [3.05, 3.63) is 27.6 Å². The van der Waals surface area contributed by atoms with E-state index in [4.69, 9.17) is 9.31 Å². The molecule has 126 valence electrons. The van der Waals surface area contributed by atoms with Gasteiger partial charge in [0.2, 0.25) is 0 Å². The van der Waals surface area contributed by atoms with Gasteiger partial charge < -0.3 is 19.6 Å². The summed E-state index contributed by atoms with van der Waals surface area (Å²) in [6.45, 7) is 8.58. The zero-order valence-corrected chi connectivity index (χ0v) is 15.3. The summed E-state index contributed by atoms with van der Waals surface area (Å²) in [4.78, 5) is 19.1. The second-order valence-electron chi connectivity index (χ2n) is 6.51. The fourth-order valence-electron chi connectivity index (χ4n) is 2.20. The van der Waals surface area contributed by atoms with Gasteiger partial charge in [0.25, 0.3) is 5.56 Å². The molecular formula is C15H24BN3O3S. The van der Waals surface area contributed by atoms with Gasteiger partial charge in [-0.2, -0.15) is 0 Å². The Morgan fingerprint density at radius 2 is 2.00 bits per heavy atom. The molecule has 0 amide bonds. The van der Waals surface area contributed by atoms with Crippen LogP contribution in [0.3, 0.4) is 0 Å². The minimum absolute atomic E-state index is 0.172. The SMILES string of the molecule is CNCC(=Cc1cnc(SC)[nH]c1=O)B1OC(C)(C)C(C)(C)O1. The van der Waals surface area contributed by atoms with Crippen LogP contribution < -0.4 is 10.9 Å². The van der Waals surface area contributed by atoms with Crippen LogP contribution in [0, 0.1) is 0 Å². The fraction of sp³-hybridized carbons (Fsp3) is 0.600. The summed E-state index contributed by atoms with van der Waals surface area (Å²) < 4.78 is 12.1. The van der Waals surface area contributed by atoms with Crippen molar-refractivity contribution in [2.45, 2.75) is 44.1 Å². The highest BCUT2D eigenvalue weighted by molar-refractivity contribution is 7.98. The zero-order valence-electron chi connectivity index (χ0n) is 14.5. The molecule has 1 saturated heterocycles. The van der Waals surface area contributed by atoms with Gasteiger partial charge >= 0.3 is 7.12 Å². The Morgan fingerprint density at radius 3 is 2.48 bits per heavy atom. The van der Waals surface area contributed by atoms with Crippen LogP contribution in [0.15, 0.2) is 21.6 Å². The molecule has 1 aliphatic rings. The summed E-state index contributed by atoms with van der Waals surface area (Å²) in [5, 5.41) is 3.69. The maximum absolute atomic E-state index is 12.2. The van der Waals surface area contributed by atoms with E-state index in [9.17, 15) is 4.79 Å². The molecule has 2 N–H and O–H groups in total. The van der Waals surface area contributed by atoms with Crippen molar-refractivity contribution < 1.29 is 9.31 Å². The van der Waals surface area contributed by atoms with E-state index in [2.05, 4.69) is 15.3 Å². The van der Waals surface area contributed by atoms with Crippen LogP contribution in [0.2, 0.25) is 0 Å². The molecule has 0 aliphatic carbocycles. The predicted octanol–water partition coefficient (Wildman–Crippen LogP) is 1.73. The maximum atomic E-state index is 12.2. The Balaban J connectivity index is 2.34. The Kier molecular flexibility index (Phi) is 5.40. The number of likely N-dealkylation sites (N-methyl/N-ethyl adjacent to an activating group) is 1. The van der Waals surface area contributed by atoms with E-state index in [-0.39, 0.29) is 5.56 Å². The Morgan fingerprint density at radius 1 is 1.39 bits per heavy atom. The average Bonchev–Trinajstić information content (AvgIpc) is 2.68. The van der Waals surface area contributed by atoms with Crippen LogP contribution in [0.25, 0.3) is 6.08 Å². The lowest BCUT2D eigenvalue weighted by molar-refractivity contribution is 0.00578. The van der Waals surface area contributed by atoms with Crippen LogP contribution in [-0.2, 0) is 9.31 Å². The highest BCUT2D eigenvalue weighted by atomic mass is 32.2. The lowest BCUT2D eigenvalue weighted by Gasteiger charge is -2.32. The topological polar surface area (TPSA) is 76.2 Å². The molecule has 1 aromatic rings. The third-order valence-corrected chi connectivity index (χ3v) is 4.87. The van der Waals surface area contributed by atoms with Gasteiger partial charge in [-0.3, -0.25) is 4.79 Å². The van der Waals surface area contributed by atoms with E-state index in [1.165, 1.54) is 11.8 Å². The quantitative estimate of drug-likeness (QED) is 0.484. The monoisotopic (exact) mass is 337 g/mol. The number of nitrogens with one attached hydrogen (secondary N) is 2. The molecule has 1 fully saturated rings. The van der Waals surface area contributed by atoms with E-state index in [1.54, 1.807) is 12.3 Å². The molecule has 0 radical (unpaired) electrons. The second kappa shape index (κ2) is 6.80. The predicted molar refractivity (Wildman–Crippen MR) is 94.6 cm³/mol. The molecule has 0 spiro atoms. The van der Waals surface area contributed by atoms with Crippen molar-refractivity contribution >= 4 is 25.0 Å². The summed E-state index contributed by atoms with van der Waals surface area (Å²) in [6.07, 6.45) is 5.23. The van der Waals surface area contributed by atoms with Gasteiger partial charge in [0.05, 0.1) is 16.8 Å². The number of aromatic amines is 1. The van der Waals surface area contributed by atoms with Gasteiger partial charge in [-0.25, -0.2) is 4.98 Å². The first-order valence-electron chi connectivity index (χ1n) is 7.54. The standard InChI is InChI=1S/C15H24BN3O3S/c1-14(2)15(3,4)22-16(21-14)11(9-17-5)7-10-8-18-13(23-6)19-12(10)20/h7-8,17H,9H2,1-6H3,(H,18,19,20). The molecule has 8 heteroatoms. The summed E-state index contributed by atoms with van der Waals surface area (Å²) in [7, 11) is 1.35. The molecule has 23 heavy (non-hydrogen) atoms. The van der Waals surface area contributed by atoms with Crippen LogP contribution in [0.4, 0.5) is 0 Å². The van der Waals surface area contributed by atoms with Crippen molar-refractivity contribution in [1.82, 2.24) is 15.3 Å². The lowest BCUT2D eigenvalue weighted by Crippen LogP contribution is -2.41. The maximum Gasteiger partial charge on any atom is 0.491 e. The number of hydrogen-bond acceptors (Lipinski definition) is 6. The Labute approximate surface area is 141 Å². The minimum atomic E-state index is -0.493. The Hall–Kier alpha value is -1.09. The highest BCUT2D eigenvalue weighted by Gasteiger charge is 2.52. The van der Waals surface area contributed by atoms with Gasteiger partial charge in [0.1, 0.15) is 0 Å². The van der Waals surface area contributed by atoms with Crippen LogP contribution in [0.1, 0.15) is 33.3 Å². The molecule has 0 bridgehead atoms.